The van der Waals surface area contributed by atoms with Gasteiger partial charge >= 0.3 is 12.2 Å². The van der Waals surface area contributed by atoms with Crippen molar-refractivity contribution < 1.29 is 31.9 Å². The summed E-state index contributed by atoms with van der Waals surface area (Å²) in [6.45, 7) is 5.02. The third-order valence-electron chi connectivity index (χ3n) is 7.66. The van der Waals surface area contributed by atoms with E-state index in [1.54, 1.807) is 36.7 Å². The summed E-state index contributed by atoms with van der Waals surface area (Å²) in [4.78, 5) is 41.7. The fourth-order valence-corrected chi connectivity index (χ4v) is 5.30. The molecule has 0 spiro atoms. The van der Waals surface area contributed by atoms with Crippen molar-refractivity contribution in [1.82, 2.24) is 24.7 Å². The third kappa shape index (κ3) is 8.53. The number of piperazine rings is 2. The fourth-order valence-electron chi connectivity index (χ4n) is 5.08. The van der Waals surface area contributed by atoms with Gasteiger partial charge in [-0.05, 0) is 49.0 Å². The molecule has 2 aromatic heterocycles. The van der Waals surface area contributed by atoms with Gasteiger partial charge < -0.3 is 30.1 Å². The lowest BCUT2D eigenvalue weighted by molar-refractivity contribution is -0.137. The van der Waals surface area contributed by atoms with Gasteiger partial charge in [0.15, 0.2) is 17.4 Å². The monoisotopic (exact) mass is 664 g/mol. The van der Waals surface area contributed by atoms with Crippen LogP contribution in [-0.2, 0) is 17.6 Å². The molecule has 2 fully saturated rings. The molecule has 0 saturated carbocycles. The van der Waals surface area contributed by atoms with Crippen molar-refractivity contribution in [1.29, 1.82) is 0 Å². The number of likely N-dealkylation sites (N-methyl/N-ethyl adjacent to an activating group) is 1. The molecule has 3 aromatic rings. The van der Waals surface area contributed by atoms with Crippen LogP contribution in [0.3, 0.4) is 0 Å². The summed E-state index contributed by atoms with van der Waals surface area (Å²) in [5.74, 6) is 0.187. The lowest BCUT2D eigenvalue weighted by Gasteiger charge is -2.36. The van der Waals surface area contributed by atoms with Crippen LogP contribution in [-0.4, -0.2) is 103 Å². The van der Waals surface area contributed by atoms with Crippen molar-refractivity contribution in [2.45, 2.75) is 12.8 Å². The van der Waals surface area contributed by atoms with Crippen LogP contribution in [0.15, 0.2) is 48.8 Å². The Balaban J connectivity index is 1.15. The van der Waals surface area contributed by atoms with Crippen molar-refractivity contribution in [3.63, 3.8) is 0 Å². The molecule has 0 bridgehead atoms. The minimum absolute atomic E-state index is 0.138. The Hall–Kier alpha value is -4.21. The maximum Gasteiger partial charge on any atom is 0.416 e. The summed E-state index contributed by atoms with van der Waals surface area (Å²) < 4.78 is 60.0. The predicted molar refractivity (Wildman–Crippen MR) is 165 cm³/mol. The minimum atomic E-state index is -4.76. The topological polar surface area (TPSA) is 106 Å². The molecule has 3 amide bonds. The van der Waals surface area contributed by atoms with E-state index in [-0.39, 0.29) is 25.6 Å². The first kappa shape index (κ1) is 33.2. The zero-order valence-electron chi connectivity index (χ0n) is 25.0. The van der Waals surface area contributed by atoms with Gasteiger partial charge in [-0.25, -0.2) is 19.2 Å². The zero-order chi connectivity index (χ0) is 32.8. The van der Waals surface area contributed by atoms with E-state index in [2.05, 4.69) is 37.4 Å². The molecule has 0 aliphatic carbocycles. The Morgan fingerprint density at radius 2 is 1.70 bits per heavy atom. The van der Waals surface area contributed by atoms with Gasteiger partial charge in [-0.2, -0.15) is 13.2 Å². The molecule has 11 nitrogen and oxygen atoms in total. The van der Waals surface area contributed by atoms with E-state index < -0.39 is 34.3 Å². The molecule has 2 aliphatic rings. The summed E-state index contributed by atoms with van der Waals surface area (Å²) in [5.41, 5.74) is -1.04. The number of amides is 3. The van der Waals surface area contributed by atoms with Crippen LogP contribution in [0.2, 0.25) is 5.02 Å². The smallest absolute Gasteiger partial charge is 0.416 e. The van der Waals surface area contributed by atoms with Crippen molar-refractivity contribution in [3.05, 3.63) is 70.8 Å². The molecule has 5 rings (SSSR count). The van der Waals surface area contributed by atoms with Gasteiger partial charge in [0, 0.05) is 64.8 Å². The van der Waals surface area contributed by atoms with Gasteiger partial charge in [-0.15, -0.1) is 0 Å². The fraction of sp³-hybridized carbons (Fsp3) is 0.400. The van der Waals surface area contributed by atoms with E-state index in [1.807, 2.05) is 4.90 Å². The highest BCUT2D eigenvalue weighted by atomic mass is 35.5. The van der Waals surface area contributed by atoms with Crippen LogP contribution in [0.5, 0.6) is 5.75 Å². The number of halogens is 5. The number of nitrogens with one attached hydrogen (secondary N) is 2. The number of anilines is 3. The molecule has 2 aliphatic heterocycles. The maximum absolute atomic E-state index is 14.4. The van der Waals surface area contributed by atoms with Crippen molar-refractivity contribution in [2.24, 2.45) is 0 Å². The highest BCUT2D eigenvalue weighted by Crippen LogP contribution is 2.35. The second kappa shape index (κ2) is 14.5. The van der Waals surface area contributed by atoms with Crippen LogP contribution in [0.4, 0.5) is 39.7 Å². The second-order valence-electron chi connectivity index (χ2n) is 11.0. The van der Waals surface area contributed by atoms with Gasteiger partial charge in [0.25, 0.3) is 0 Å². The normalized spacial score (nSPS) is 16.3. The first-order valence-electron chi connectivity index (χ1n) is 14.6. The van der Waals surface area contributed by atoms with Crippen LogP contribution in [0.25, 0.3) is 0 Å². The molecule has 2 saturated heterocycles. The van der Waals surface area contributed by atoms with E-state index in [4.69, 9.17) is 16.3 Å². The van der Waals surface area contributed by atoms with Crippen LogP contribution in [0, 0.1) is 5.82 Å². The van der Waals surface area contributed by atoms with Crippen LogP contribution < -0.4 is 20.3 Å². The number of urea groups is 1. The zero-order valence-corrected chi connectivity index (χ0v) is 25.7. The van der Waals surface area contributed by atoms with E-state index in [1.165, 1.54) is 4.90 Å². The largest absolute Gasteiger partial charge is 0.485 e. The highest BCUT2D eigenvalue weighted by molar-refractivity contribution is 6.31. The number of carbonyl (C=O) groups is 2. The van der Waals surface area contributed by atoms with Gasteiger partial charge in [0.2, 0.25) is 5.91 Å². The average molecular weight is 665 g/mol. The van der Waals surface area contributed by atoms with Crippen molar-refractivity contribution in [2.75, 3.05) is 81.5 Å². The predicted octanol–water partition coefficient (Wildman–Crippen LogP) is 4.41. The number of rotatable bonds is 8. The molecular formula is C30H33ClF4N8O3. The maximum atomic E-state index is 14.4. The molecule has 16 heteroatoms. The van der Waals surface area contributed by atoms with Crippen molar-refractivity contribution >= 4 is 40.9 Å². The molecule has 46 heavy (non-hydrogen) atoms. The number of benzene rings is 1. The van der Waals surface area contributed by atoms with Crippen LogP contribution >= 0.6 is 11.6 Å². The molecule has 1 aromatic carbocycles. The number of hydrogen-bond acceptors (Lipinski definition) is 8. The number of nitrogens with zero attached hydrogens (tertiary/aromatic N) is 6. The number of aromatic nitrogens is 2. The SMILES string of the molecule is CN1CCN(CC(=O)Nc2cc(COc3cccnc3N3CCN(C(=O)Nc4cc(C(F)(F)F)cc(Cl)c4F)CC3)ccn2)CC1. The average Bonchev–Trinajstić information content (AvgIpc) is 3.03. The molecule has 0 unspecified atom stereocenters. The summed E-state index contributed by atoms with van der Waals surface area (Å²) >= 11 is 5.64. The Morgan fingerprint density at radius 1 is 0.957 bits per heavy atom. The summed E-state index contributed by atoms with van der Waals surface area (Å²) in [7, 11) is 2.06. The molecule has 246 valence electrons. The van der Waals surface area contributed by atoms with Gasteiger partial charge in [-0.1, -0.05) is 11.6 Å². The lowest BCUT2D eigenvalue weighted by atomic mass is 10.2. The summed E-state index contributed by atoms with van der Waals surface area (Å²) in [6.07, 6.45) is -1.55. The number of alkyl halides is 3. The first-order chi connectivity index (χ1) is 22.0. The molecule has 0 radical (unpaired) electrons. The first-order valence-corrected chi connectivity index (χ1v) is 14.9. The number of ether oxygens (including phenoxy) is 1. The standard InChI is InChI=1S/C30H33ClF4N8O3/c1-40-7-9-41(10-8-40)18-26(44)39-25-15-20(4-6-36-25)19-46-24-3-2-5-37-28(24)42-11-13-43(14-12-42)29(45)38-23-17-21(30(33,34)35)16-22(31)27(23)32/h2-6,15-17H,7-14,18-19H2,1H3,(H,38,45)(H,36,39,44). The summed E-state index contributed by atoms with van der Waals surface area (Å²) in [5, 5.41) is 4.31. The number of hydrogen-bond donors (Lipinski definition) is 2. The molecule has 2 N–H and O–H groups in total. The number of carbonyl (C=O) groups excluding carboxylic acids is 2. The Bertz CT molecular complexity index is 1550. The van der Waals surface area contributed by atoms with Crippen molar-refractivity contribution in [3.8, 4) is 5.75 Å². The number of pyridine rings is 2. The van der Waals surface area contributed by atoms with E-state index >= 15 is 0 Å². The van der Waals surface area contributed by atoms with Gasteiger partial charge in [0.1, 0.15) is 12.4 Å². The van der Waals surface area contributed by atoms with Crippen LogP contribution in [0.1, 0.15) is 11.1 Å². The van der Waals surface area contributed by atoms with Gasteiger partial charge in [-0.3, -0.25) is 9.69 Å². The third-order valence-corrected chi connectivity index (χ3v) is 7.94. The van der Waals surface area contributed by atoms with E-state index in [0.717, 1.165) is 31.7 Å². The lowest BCUT2D eigenvalue weighted by Crippen LogP contribution is -2.50. The Labute approximate surface area is 268 Å². The second-order valence-corrected chi connectivity index (χ2v) is 11.4. The van der Waals surface area contributed by atoms with E-state index in [0.29, 0.717) is 49.2 Å². The van der Waals surface area contributed by atoms with Gasteiger partial charge in [0.05, 0.1) is 22.8 Å². The quantitative estimate of drug-likeness (QED) is 0.342. The van der Waals surface area contributed by atoms with E-state index in [9.17, 15) is 27.2 Å². The molecule has 4 heterocycles. The molecular weight excluding hydrogens is 632 g/mol. The minimum Gasteiger partial charge on any atom is -0.485 e. The summed E-state index contributed by atoms with van der Waals surface area (Å²) in [6, 6.07) is 7.26. The molecule has 0 atom stereocenters. The Morgan fingerprint density at radius 3 is 2.41 bits per heavy atom. The highest BCUT2D eigenvalue weighted by Gasteiger charge is 2.33. The Kier molecular flexibility index (Phi) is 10.4.